The number of imidazole rings is 1. The summed E-state index contributed by atoms with van der Waals surface area (Å²) in [5.74, 6) is -0.700. The first kappa shape index (κ1) is 15.7. The molecule has 4 rings (SSSR count). The lowest BCUT2D eigenvalue weighted by atomic mass is 10.2. The summed E-state index contributed by atoms with van der Waals surface area (Å²) in [6, 6.07) is 2.62. The summed E-state index contributed by atoms with van der Waals surface area (Å²) in [5.41, 5.74) is 2.95. The Labute approximate surface area is 146 Å². The summed E-state index contributed by atoms with van der Waals surface area (Å²) in [6.45, 7) is 1.05. The zero-order chi connectivity index (χ0) is 17.2. The van der Waals surface area contributed by atoms with Gasteiger partial charge in [-0.1, -0.05) is 0 Å². The Morgan fingerprint density at radius 2 is 2.36 bits per heavy atom. The monoisotopic (exact) mass is 359 g/mol. The number of fused-ring (bicyclic) bond motifs is 1. The van der Waals surface area contributed by atoms with Crippen LogP contribution < -0.4 is 4.74 Å². The Morgan fingerprint density at radius 3 is 3.16 bits per heavy atom. The minimum Gasteiger partial charge on any atom is -0.473 e. The van der Waals surface area contributed by atoms with Gasteiger partial charge in [0.15, 0.2) is 5.82 Å². The molecule has 3 aromatic rings. The van der Waals surface area contributed by atoms with Gasteiger partial charge in [-0.15, -0.1) is 11.3 Å². The second-order valence-corrected chi connectivity index (χ2v) is 6.33. The third-order valence-corrected chi connectivity index (χ3v) is 4.59. The van der Waals surface area contributed by atoms with Crippen LogP contribution in [0.5, 0.6) is 5.88 Å². The van der Waals surface area contributed by atoms with Crippen LogP contribution in [0, 0.1) is 5.82 Å². The molecule has 0 saturated carbocycles. The Balaban J connectivity index is 1.53. The van der Waals surface area contributed by atoms with Crippen molar-refractivity contribution < 1.29 is 13.9 Å². The number of thiazole rings is 1. The molecule has 0 spiro atoms. The van der Waals surface area contributed by atoms with Crippen molar-refractivity contribution in [3.05, 3.63) is 58.9 Å². The molecule has 7 nitrogen and oxygen atoms in total. The van der Waals surface area contributed by atoms with Crippen molar-refractivity contribution in [2.75, 3.05) is 13.2 Å². The van der Waals surface area contributed by atoms with Gasteiger partial charge >= 0.3 is 0 Å². The zero-order valence-corrected chi connectivity index (χ0v) is 13.9. The first-order valence-electron chi connectivity index (χ1n) is 7.64. The quantitative estimate of drug-likeness (QED) is 0.714. The lowest BCUT2D eigenvalue weighted by Crippen LogP contribution is -2.42. The molecule has 1 aliphatic rings. The Hall–Kier alpha value is -2.81. The Kier molecular flexibility index (Phi) is 4.14. The molecule has 4 heterocycles. The molecule has 1 unspecified atom stereocenters. The number of ether oxygens (including phenoxy) is 1. The van der Waals surface area contributed by atoms with Gasteiger partial charge in [0.05, 0.1) is 30.1 Å². The van der Waals surface area contributed by atoms with E-state index < -0.39 is 5.82 Å². The van der Waals surface area contributed by atoms with Gasteiger partial charge < -0.3 is 14.2 Å². The highest BCUT2D eigenvalue weighted by Crippen LogP contribution is 2.24. The predicted molar refractivity (Wildman–Crippen MR) is 87.8 cm³/mol. The first-order chi connectivity index (χ1) is 12.2. The molecule has 0 saturated heterocycles. The summed E-state index contributed by atoms with van der Waals surface area (Å²) in [4.78, 5) is 26.4. The Bertz CT molecular complexity index is 882. The summed E-state index contributed by atoms with van der Waals surface area (Å²) >= 11 is 1.38. The van der Waals surface area contributed by atoms with E-state index in [1.165, 1.54) is 29.7 Å². The molecule has 128 valence electrons. The van der Waals surface area contributed by atoms with Crippen LogP contribution in [0.3, 0.4) is 0 Å². The fourth-order valence-corrected chi connectivity index (χ4v) is 3.33. The number of carbonyl (C=O) groups is 1. The van der Waals surface area contributed by atoms with E-state index in [0.717, 1.165) is 5.69 Å². The van der Waals surface area contributed by atoms with Gasteiger partial charge in [0.1, 0.15) is 12.3 Å². The minimum atomic E-state index is -0.514. The van der Waals surface area contributed by atoms with Crippen LogP contribution in [-0.4, -0.2) is 43.5 Å². The molecule has 0 bridgehead atoms. The van der Waals surface area contributed by atoms with Crippen LogP contribution in [0.25, 0.3) is 0 Å². The van der Waals surface area contributed by atoms with Gasteiger partial charge in [0, 0.05) is 24.3 Å². The largest absolute Gasteiger partial charge is 0.473 e. The molecule has 25 heavy (non-hydrogen) atoms. The van der Waals surface area contributed by atoms with Crippen molar-refractivity contribution in [1.82, 2.24) is 24.4 Å². The van der Waals surface area contributed by atoms with Crippen molar-refractivity contribution in [2.24, 2.45) is 0 Å². The van der Waals surface area contributed by atoms with E-state index in [4.69, 9.17) is 4.74 Å². The van der Waals surface area contributed by atoms with Crippen LogP contribution in [0.1, 0.15) is 22.2 Å². The fourth-order valence-electron chi connectivity index (χ4n) is 2.81. The summed E-state index contributed by atoms with van der Waals surface area (Å²) in [7, 11) is 0. The van der Waals surface area contributed by atoms with Gasteiger partial charge in [-0.05, 0) is 12.1 Å². The van der Waals surface area contributed by atoms with Crippen LogP contribution in [0.2, 0.25) is 0 Å². The smallest absolute Gasteiger partial charge is 0.273 e. The first-order valence-corrected chi connectivity index (χ1v) is 8.58. The molecule has 0 aliphatic carbocycles. The number of aromatic nitrogens is 4. The number of carbonyl (C=O) groups excluding carboxylic acids is 1. The predicted octanol–water partition coefficient (Wildman–Crippen LogP) is 2.15. The maximum atomic E-state index is 13.7. The van der Waals surface area contributed by atoms with Crippen molar-refractivity contribution >= 4 is 17.2 Å². The van der Waals surface area contributed by atoms with Gasteiger partial charge in [0.2, 0.25) is 5.88 Å². The molecule has 1 atom stereocenters. The summed E-state index contributed by atoms with van der Waals surface area (Å²) in [6.07, 6.45) is 4.89. The van der Waals surface area contributed by atoms with Gasteiger partial charge in [0.25, 0.3) is 5.91 Å². The third kappa shape index (κ3) is 3.10. The fraction of sp³-hybridized carbons (Fsp3) is 0.250. The minimum absolute atomic E-state index is 0.0490. The van der Waals surface area contributed by atoms with E-state index >= 15 is 0 Å². The van der Waals surface area contributed by atoms with E-state index in [9.17, 15) is 9.18 Å². The van der Waals surface area contributed by atoms with E-state index in [1.807, 2.05) is 4.57 Å². The van der Waals surface area contributed by atoms with E-state index in [2.05, 4.69) is 15.0 Å². The molecule has 9 heteroatoms. The molecule has 0 radical (unpaired) electrons. The third-order valence-electron chi connectivity index (χ3n) is 4.00. The number of hydrogen-bond donors (Lipinski definition) is 0. The average Bonchev–Trinajstić information content (AvgIpc) is 3.31. The topological polar surface area (TPSA) is 73.1 Å². The second-order valence-electron chi connectivity index (χ2n) is 5.61. The molecule has 0 N–H and O–H groups in total. The summed E-state index contributed by atoms with van der Waals surface area (Å²) in [5, 5.41) is 1.73. The van der Waals surface area contributed by atoms with Crippen LogP contribution in [-0.2, 0) is 6.54 Å². The van der Waals surface area contributed by atoms with Gasteiger partial charge in [-0.2, -0.15) is 0 Å². The maximum Gasteiger partial charge on any atom is 0.273 e. The molecule has 0 fully saturated rings. The van der Waals surface area contributed by atoms with Gasteiger partial charge in [-0.3, -0.25) is 4.79 Å². The number of pyridine rings is 1. The van der Waals surface area contributed by atoms with E-state index in [-0.39, 0.29) is 24.4 Å². The molecular formula is C16H14FN5O2S. The SMILES string of the molecule is O=C(c1cscn1)N1Cc2cncn2C(COc2ncccc2F)C1. The number of hydrogen-bond acceptors (Lipinski definition) is 6. The zero-order valence-electron chi connectivity index (χ0n) is 13.1. The summed E-state index contributed by atoms with van der Waals surface area (Å²) < 4.78 is 21.2. The van der Waals surface area contributed by atoms with Crippen molar-refractivity contribution in [1.29, 1.82) is 0 Å². The van der Waals surface area contributed by atoms with E-state index in [0.29, 0.717) is 18.8 Å². The lowest BCUT2D eigenvalue weighted by molar-refractivity contribution is 0.0638. The van der Waals surface area contributed by atoms with Crippen molar-refractivity contribution in [3.8, 4) is 5.88 Å². The average molecular weight is 359 g/mol. The van der Waals surface area contributed by atoms with Crippen molar-refractivity contribution in [2.45, 2.75) is 12.6 Å². The van der Waals surface area contributed by atoms with Crippen molar-refractivity contribution in [3.63, 3.8) is 0 Å². The Morgan fingerprint density at radius 1 is 1.44 bits per heavy atom. The highest BCUT2D eigenvalue weighted by Gasteiger charge is 2.30. The van der Waals surface area contributed by atoms with Crippen LogP contribution in [0.15, 0.2) is 41.7 Å². The van der Waals surface area contributed by atoms with Crippen LogP contribution >= 0.6 is 11.3 Å². The normalized spacial score (nSPS) is 16.5. The number of nitrogens with zero attached hydrogens (tertiary/aromatic N) is 5. The molecule has 3 aromatic heterocycles. The number of amides is 1. The maximum absolute atomic E-state index is 13.7. The van der Waals surface area contributed by atoms with E-state index in [1.54, 1.807) is 28.3 Å². The number of rotatable bonds is 4. The highest BCUT2D eigenvalue weighted by atomic mass is 32.1. The molecule has 1 amide bonds. The standard InChI is InChI=1S/C16H14FN5O2S/c17-13-2-1-3-19-15(13)24-7-12-6-21(5-11-4-18-9-22(11)12)16(23)14-8-25-10-20-14/h1-4,8-10,12H,5-7H2. The molecule has 0 aromatic carbocycles. The second kappa shape index (κ2) is 6.60. The van der Waals surface area contributed by atoms with Gasteiger partial charge in [-0.25, -0.2) is 19.3 Å². The molecular weight excluding hydrogens is 345 g/mol. The lowest BCUT2D eigenvalue weighted by Gasteiger charge is -2.33. The van der Waals surface area contributed by atoms with Crippen LogP contribution in [0.4, 0.5) is 4.39 Å². The highest BCUT2D eigenvalue weighted by molar-refractivity contribution is 7.07. The molecule has 1 aliphatic heterocycles. The number of halogens is 1.